The molecule has 1 aliphatic heterocycles. The van der Waals surface area contributed by atoms with E-state index in [0.717, 1.165) is 45.9 Å². The number of unbranched alkanes of at least 4 members (excludes halogenated alkanes) is 1. The van der Waals surface area contributed by atoms with Gasteiger partial charge in [0, 0.05) is 39.2 Å². The van der Waals surface area contributed by atoms with Crippen LogP contribution in [0.3, 0.4) is 0 Å². The van der Waals surface area contributed by atoms with Crippen molar-refractivity contribution in [1.82, 2.24) is 10.2 Å². The first-order valence-electron chi connectivity index (χ1n) is 7.44. The van der Waals surface area contributed by atoms with Gasteiger partial charge in [-0.3, -0.25) is 9.69 Å². The monoisotopic (exact) mass is 272 g/mol. The van der Waals surface area contributed by atoms with Gasteiger partial charge >= 0.3 is 0 Å². The molecule has 1 aliphatic rings. The first-order chi connectivity index (χ1) is 9.26. The summed E-state index contributed by atoms with van der Waals surface area (Å²) in [6.45, 7) is 9.80. The van der Waals surface area contributed by atoms with Gasteiger partial charge in [-0.25, -0.2) is 0 Å². The molecule has 0 radical (unpaired) electrons. The molecule has 0 aromatic carbocycles. The molecule has 1 amide bonds. The summed E-state index contributed by atoms with van der Waals surface area (Å²) in [6, 6.07) is 0. The molecule has 0 aliphatic carbocycles. The topological polar surface area (TPSA) is 50.8 Å². The first kappa shape index (κ1) is 16.4. The number of hydrogen-bond donors (Lipinski definition) is 1. The minimum absolute atomic E-state index is 0.0867. The second kappa shape index (κ2) is 10.2. The SMILES string of the molecule is CCCCOCCN1CCO[C@H](CNC(=O)CC)C1. The lowest BCUT2D eigenvalue weighted by Crippen LogP contribution is -2.48. The summed E-state index contributed by atoms with van der Waals surface area (Å²) in [5.41, 5.74) is 0. The summed E-state index contributed by atoms with van der Waals surface area (Å²) < 4.78 is 11.2. The molecule has 1 atom stereocenters. The molecule has 1 saturated heterocycles. The van der Waals surface area contributed by atoms with Gasteiger partial charge in [0.1, 0.15) is 0 Å². The fourth-order valence-electron chi connectivity index (χ4n) is 2.00. The molecule has 19 heavy (non-hydrogen) atoms. The molecule has 0 aromatic rings. The number of carbonyl (C=O) groups is 1. The molecule has 1 N–H and O–H groups in total. The Morgan fingerprint density at radius 1 is 1.42 bits per heavy atom. The van der Waals surface area contributed by atoms with Crippen molar-refractivity contribution in [3.05, 3.63) is 0 Å². The van der Waals surface area contributed by atoms with Gasteiger partial charge in [0.2, 0.25) is 5.91 Å². The highest BCUT2D eigenvalue weighted by molar-refractivity contribution is 5.75. The molecule has 0 saturated carbocycles. The van der Waals surface area contributed by atoms with Gasteiger partial charge in [0.05, 0.1) is 19.3 Å². The van der Waals surface area contributed by atoms with Crippen LogP contribution in [0, 0.1) is 0 Å². The zero-order chi connectivity index (χ0) is 13.9. The highest BCUT2D eigenvalue weighted by atomic mass is 16.5. The van der Waals surface area contributed by atoms with Crippen molar-refractivity contribution in [3.63, 3.8) is 0 Å². The quantitative estimate of drug-likeness (QED) is 0.637. The third-order valence-corrected chi connectivity index (χ3v) is 3.26. The maximum absolute atomic E-state index is 11.2. The Morgan fingerprint density at radius 3 is 3.00 bits per heavy atom. The summed E-state index contributed by atoms with van der Waals surface area (Å²) in [5.74, 6) is 0.0867. The Bertz CT molecular complexity index is 249. The molecular formula is C14H28N2O3. The predicted molar refractivity (Wildman–Crippen MR) is 75.2 cm³/mol. The number of morpholine rings is 1. The van der Waals surface area contributed by atoms with Crippen LogP contribution < -0.4 is 5.32 Å². The normalized spacial score (nSPS) is 20.4. The number of ether oxygens (including phenoxy) is 2. The van der Waals surface area contributed by atoms with Crippen LogP contribution in [0.25, 0.3) is 0 Å². The number of carbonyl (C=O) groups excluding carboxylic acids is 1. The van der Waals surface area contributed by atoms with Crippen molar-refractivity contribution >= 4 is 5.91 Å². The van der Waals surface area contributed by atoms with E-state index in [4.69, 9.17) is 9.47 Å². The lowest BCUT2D eigenvalue weighted by Gasteiger charge is -2.32. The van der Waals surface area contributed by atoms with Crippen molar-refractivity contribution in [2.45, 2.75) is 39.2 Å². The average molecular weight is 272 g/mol. The number of nitrogens with zero attached hydrogens (tertiary/aromatic N) is 1. The Morgan fingerprint density at radius 2 is 2.26 bits per heavy atom. The molecule has 1 fully saturated rings. The number of rotatable bonds is 9. The van der Waals surface area contributed by atoms with Gasteiger partial charge in [-0.05, 0) is 6.42 Å². The molecular weight excluding hydrogens is 244 g/mol. The molecule has 112 valence electrons. The van der Waals surface area contributed by atoms with Gasteiger partial charge in [-0.1, -0.05) is 20.3 Å². The second-order valence-corrected chi connectivity index (χ2v) is 4.92. The summed E-state index contributed by atoms with van der Waals surface area (Å²) in [4.78, 5) is 13.6. The summed E-state index contributed by atoms with van der Waals surface area (Å²) >= 11 is 0. The van der Waals surface area contributed by atoms with E-state index in [2.05, 4.69) is 17.1 Å². The van der Waals surface area contributed by atoms with Crippen LogP contribution >= 0.6 is 0 Å². The Balaban J connectivity index is 2.10. The van der Waals surface area contributed by atoms with E-state index in [1.807, 2.05) is 6.92 Å². The van der Waals surface area contributed by atoms with Crippen LogP contribution in [-0.4, -0.2) is 62.9 Å². The van der Waals surface area contributed by atoms with E-state index in [-0.39, 0.29) is 12.0 Å². The minimum atomic E-state index is 0.0867. The van der Waals surface area contributed by atoms with E-state index in [9.17, 15) is 4.79 Å². The lowest BCUT2D eigenvalue weighted by atomic mass is 10.2. The number of nitrogens with one attached hydrogen (secondary N) is 1. The summed E-state index contributed by atoms with van der Waals surface area (Å²) in [7, 11) is 0. The Labute approximate surface area is 116 Å². The van der Waals surface area contributed by atoms with Crippen molar-refractivity contribution in [2.75, 3.05) is 46.0 Å². The highest BCUT2D eigenvalue weighted by Crippen LogP contribution is 2.04. The van der Waals surface area contributed by atoms with Gasteiger partial charge in [-0.2, -0.15) is 0 Å². The molecule has 1 heterocycles. The smallest absolute Gasteiger partial charge is 0.219 e. The maximum Gasteiger partial charge on any atom is 0.219 e. The summed E-state index contributed by atoms with van der Waals surface area (Å²) in [5, 5.41) is 2.88. The van der Waals surface area contributed by atoms with Crippen molar-refractivity contribution < 1.29 is 14.3 Å². The van der Waals surface area contributed by atoms with Crippen molar-refractivity contribution in [1.29, 1.82) is 0 Å². The molecule has 0 bridgehead atoms. The van der Waals surface area contributed by atoms with E-state index >= 15 is 0 Å². The van der Waals surface area contributed by atoms with E-state index in [0.29, 0.717) is 13.0 Å². The van der Waals surface area contributed by atoms with E-state index in [1.54, 1.807) is 0 Å². The Hall–Kier alpha value is -0.650. The zero-order valence-corrected chi connectivity index (χ0v) is 12.3. The van der Waals surface area contributed by atoms with Crippen LogP contribution in [0.2, 0.25) is 0 Å². The average Bonchev–Trinajstić information content (AvgIpc) is 2.45. The fraction of sp³-hybridized carbons (Fsp3) is 0.929. The molecule has 0 spiro atoms. The third kappa shape index (κ3) is 7.50. The third-order valence-electron chi connectivity index (χ3n) is 3.26. The minimum Gasteiger partial charge on any atom is -0.380 e. The van der Waals surface area contributed by atoms with Crippen LogP contribution in [0.1, 0.15) is 33.1 Å². The summed E-state index contributed by atoms with van der Waals surface area (Å²) in [6.07, 6.45) is 2.95. The van der Waals surface area contributed by atoms with Crippen molar-refractivity contribution in [3.8, 4) is 0 Å². The number of hydrogen-bond acceptors (Lipinski definition) is 4. The standard InChI is InChI=1S/C14H28N2O3/c1-3-5-8-18-9-6-16-7-10-19-13(12-16)11-15-14(17)4-2/h13H,3-12H2,1-2H3,(H,15,17)/t13-/m1/s1. The lowest BCUT2D eigenvalue weighted by molar-refractivity contribution is -0.122. The molecule has 0 unspecified atom stereocenters. The van der Waals surface area contributed by atoms with Crippen molar-refractivity contribution in [2.24, 2.45) is 0 Å². The Kier molecular flexibility index (Phi) is 8.79. The van der Waals surface area contributed by atoms with E-state index in [1.165, 1.54) is 6.42 Å². The van der Waals surface area contributed by atoms with Gasteiger partial charge < -0.3 is 14.8 Å². The molecule has 5 nitrogen and oxygen atoms in total. The van der Waals surface area contributed by atoms with Gasteiger partial charge in [-0.15, -0.1) is 0 Å². The second-order valence-electron chi connectivity index (χ2n) is 4.92. The highest BCUT2D eigenvalue weighted by Gasteiger charge is 2.20. The fourth-order valence-corrected chi connectivity index (χ4v) is 2.00. The molecule has 5 heteroatoms. The van der Waals surface area contributed by atoms with Crippen LogP contribution in [0.15, 0.2) is 0 Å². The maximum atomic E-state index is 11.2. The first-order valence-corrected chi connectivity index (χ1v) is 7.44. The van der Waals surface area contributed by atoms with Crippen LogP contribution in [-0.2, 0) is 14.3 Å². The van der Waals surface area contributed by atoms with E-state index < -0.39 is 0 Å². The zero-order valence-electron chi connectivity index (χ0n) is 12.3. The van der Waals surface area contributed by atoms with Gasteiger partial charge in [0.15, 0.2) is 0 Å². The molecule has 0 aromatic heterocycles. The van der Waals surface area contributed by atoms with Crippen LogP contribution in [0.5, 0.6) is 0 Å². The largest absolute Gasteiger partial charge is 0.380 e. The molecule has 1 rings (SSSR count). The predicted octanol–water partition coefficient (Wildman–Crippen LogP) is 1.03. The van der Waals surface area contributed by atoms with Gasteiger partial charge in [0.25, 0.3) is 0 Å². The van der Waals surface area contributed by atoms with Crippen LogP contribution in [0.4, 0.5) is 0 Å². The number of amides is 1.